The molecule has 2 aromatic rings. The minimum atomic E-state index is -4.46. The van der Waals surface area contributed by atoms with Crippen LogP contribution in [0.15, 0.2) is 30.5 Å². The van der Waals surface area contributed by atoms with Gasteiger partial charge in [-0.1, -0.05) is 0 Å². The number of nitrogens with two attached hydrogens (primary N) is 1. The molecule has 128 valence electrons. The summed E-state index contributed by atoms with van der Waals surface area (Å²) < 4.78 is 71.8. The summed E-state index contributed by atoms with van der Waals surface area (Å²) in [5.74, 6) is -3.16. The smallest absolute Gasteiger partial charge is 0.394 e. The fourth-order valence-electron chi connectivity index (χ4n) is 2.85. The van der Waals surface area contributed by atoms with Crippen molar-refractivity contribution < 1.29 is 26.7 Å². The first-order chi connectivity index (χ1) is 11.3. The maximum absolute atomic E-state index is 14.0. The lowest BCUT2D eigenvalue weighted by Gasteiger charge is -2.22. The van der Waals surface area contributed by atoms with Gasteiger partial charge in [0.1, 0.15) is 17.7 Å². The van der Waals surface area contributed by atoms with Gasteiger partial charge in [-0.15, -0.1) is 0 Å². The predicted molar refractivity (Wildman–Crippen MR) is 76.9 cm³/mol. The van der Waals surface area contributed by atoms with Gasteiger partial charge in [-0.2, -0.15) is 13.2 Å². The van der Waals surface area contributed by atoms with Crippen molar-refractivity contribution in [3.8, 4) is 11.1 Å². The number of rotatable bonds is 2. The first-order valence-electron chi connectivity index (χ1n) is 7.17. The van der Waals surface area contributed by atoms with E-state index in [0.717, 1.165) is 18.2 Å². The molecule has 0 saturated carbocycles. The third-order valence-electron chi connectivity index (χ3n) is 4.02. The van der Waals surface area contributed by atoms with Gasteiger partial charge in [0.15, 0.2) is 0 Å². The molecular formula is C16H13F5N2O. The van der Waals surface area contributed by atoms with E-state index >= 15 is 0 Å². The molecule has 2 N–H and O–H groups in total. The highest BCUT2D eigenvalue weighted by atomic mass is 19.4. The molecular weight excluding hydrogens is 331 g/mol. The molecule has 24 heavy (non-hydrogen) atoms. The maximum atomic E-state index is 14.0. The van der Waals surface area contributed by atoms with E-state index in [4.69, 9.17) is 10.5 Å². The number of pyridine rings is 1. The fraction of sp³-hybridized carbons (Fsp3) is 0.312. The van der Waals surface area contributed by atoms with E-state index in [9.17, 15) is 22.0 Å². The van der Waals surface area contributed by atoms with Crippen molar-refractivity contribution in [1.29, 1.82) is 0 Å². The number of halogens is 5. The molecule has 0 amide bonds. The van der Waals surface area contributed by atoms with Gasteiger partial charge in [-0.3, -0.25) is 4.98 Å². The summed E-state index contributed by atoms with van der Waals surface area (Å²) in [7, 11) is 0. The fourth-order valence-corrected chi connectivity index (χ4v) is 2.85. The minimum Gasteiger partial charge on any atom is -0.397 e. The highest BCUT2D eigenvalue weighted by molar-refractivity contribution is 5.78. The lowest BCUT2D eigenvalue weighted by molar-refractivity contribution is -0.187. The zero-order valence-corrected chi connectivity index (χ0v) is 12.3. The van der Waals surface area contributed by atoms with Crippen LogP contribution in [0, 0.1) is 17.6 Å². The molecule has 1 saturated heterocycles. The van der Waals surface area contributed by atoms with Crippen molar-refractivity contribution in [2.24, 2.45) is 5.92 Å². The number of alkyl halides is 3. The van der Waals surface area contributed by atoms with E-state index in [1.54, 1.807) is 0 Å². The molecule has 3 nitrogen and oxygen atoms in total. The summed E-state index contributed by atoms with van der Waals surface area (Å²) in [5.41, 5.74) is 5.59. The molecule has 2 unspecified atom stereocenters. The van der Waals surface area contributed by atoms with E-state index < -0.39 is 29.8 Å². The largest absolute Gasteiger partial charge is 0.397 e. The Morgan fingerprint density at radius 1 is 1.12 bits per heavy atom. The number of nitrogens with zero attached hydrogens (tertiary/aromatic N) is 1. The summed E-state index contributed by atoms with van der Waals surface area (Å²) in [6.07, 6.45) is -4.81. The van der Waals surface area contributed by atoms with Crippen LogP contribution in [0.2, 0.25) is 0 Å². The van der Waals surface area contributed by atoms with Crippen molar-refractivity contribution in [3.05, 3.63) is 47.8 Å². The first kappa shape index (κ1) is 16.6. The maximum Gasteiger partial charge on any atom is 0.394 e. The van der Waals surface area contributed by atoms with E-state index in [1.165, 1.54) is 12.3 Å². The van der Waals surface area contributed by atoms with Crippen LogP contribution in [-0.4, -0.2) is 17.8 Å². The van der Waals surface area contributed by atoms with Gasteiger partial charge in [0.05, 0.1) is 17.3 Å². The number of nitrogen functional groups attached to an aromatic ring is 1. The van der Waals surface area contributed by atoms with Gasteiger partial charge in [0.25, 0.3) is 0 Å². The predicted octanol–water partition coefficient (Wildman–Crippen LogP) is 4.25. The highest BCUT2D eigenvalue weighted by Crippen LogP contribution is 2.46. The Balaban J connectivity index is 2.08. The summed E-state index contributed by atoms with van der Waals surface area (Å²) >= 11 is 0. The third kappa shape index (κ3) is 2.93. The van der Waals surface area contributed by atoms with Crippen LogP contribution >= 0.6 is 0 Å². The van der Waals surface area contributed by atoms with Crippen molar-refractivity contribution in [1.82, 2.24) is 4.98 Å². The Morgan fingerprint density at radius 3 is 2.58 bits per heavy atom. The van der Waals surface area contributed by atoms with Crippen LogP contribution in [-0.2, 0) is 4.74 Å². The number of anilines is 1. The van der Waals surface area contributed by atoms with Crippen LogP contribution in [0.1, 0.15) is 18.2 Å². The SMILES string of the molecule is Nc1c(-c2cc(F)ccc2F)ccnc1C1OCCC1C(F)(F)F. The molecule has 0 radical (unpaired) electrons. The second-order valence-electron chi connectivity index (χ2n) is 5.51. The monoisotopic (exact) mass is 344 g/mol. The van der Waals surface area contributed by atoms with Crippen molar-refractivity contribution in [3.63, 3.8) is 0 Å². The van der Waals surface area contributed by atoms with Crippen molar-refractivity contribution in [2.75, 3.05) is 12.3 Å². The highest BCUT2D eigenvalue weighted by Gasteiger charge is 2.49. The van der Waals surface area contributed by atoms with Gasteiger partial charge < -0.3 is 10.5 Å². The molecule has 2 heterocycles. The van der Waals surface area contributed by atoms with Crippen molar-refractivity contribution in [2.45, 2.75) is 18.7 Å². The van der Waals surface area contributed by atoms with Gasteiger partial charge in [0.2, 0.25) is 0 Å². The second-order valence-corrected chi connectivity index (χ2v) is 5.51. The number of aromatic nitrogens is 1. The van der Waals surface area contributed by atoms with Gasteiger partial charge in [0, 0.05) is 23.9 Å². The summed E-state index contributed by atoms with van der Waals surface area (Å²) in [5, 5.41) is 0. The Labute approximate surface area is 134 Å². The quantitative estimate of drug-likeness (QED) is 0.829. The third-order valence-corrected chi connectivity index (χ3v) is 4.02. The zero-order valence-electron chi connectivity index (χ0n) is 12.3. The molecule has 3 rings (SSSR count). The van der Waals surface area contributed by atoms with Crippen LogP contribution in [0.25, 0.3) is 11.1 Å². The zero-order chi connectivity index (χ0) is 17.5. The van der Waals surface area contributed by atoms with E-state index in [1.807, 2.05) is 0 Å². The van der Waals surface area contributed by atoms with Gasteiger partial charge in [-0.25, -0.2) is 8.78 Å². The minimum absolute atomic E-state index is 0.0749. The molecule has 1 aromatic heterocycles. The molecule has 0 bridgehead atoms. The van der Waals surface area contributed by atoms with Crippen molar-refractivity contribution >= 4 is 5.69 Å². The van der Waals surface area contributed by atoms with Crippen LogP contribution in [0.3, 0.4) is 0 Å². The molecule has 2 atom stereocenters. The van der Waals surface area contributed by atoms with E-state index in [2.05, 4.69) is 4.98 Å². The second kappa shape index (κ2) is 6.01. The van der Waals surface area contributed by atoms with Crippen LogP contribution in [0.5, 0.6) is 0 Å². The normalized spacial score (nSPS) is 21.2. The van der Waals surface area contributed by atoms with E-state index in [-0.39, 0.29) is 35.5 Å². The topological polar surface area (TPSA) is 48.1 Å². The Bertz CT molecular complexity index is 763. The number of hydrogen-bond donors (Lipinski definition) is 1. The molecule has 1 aliphatic heterocycles. The lowest BCUT2D eigenvalue weighted by Crippen LogP contribution is -2.26. The number of benzene rings is 1. The molecule has 1 aliphatic rings. The van der Waals surface area contributed by atoms with E-state index in [0.29, 0.717) is 0 Å². The summed E-state index contributed by atoms with van der Waals surface area (Å²) in [4.78, 5) is 3.90. The molecule has 0 spiro atoms. The molecule has 1 aromatic carbocycles. The van der Waals surface area contributed by atoms with Gasteiger partial charge in [-0.05, 0) is 30.7 Å². The lowest BCUT2D eigenvalue weighted by atomic mass is 9.94. The average molecular weight is 344 g/mol. The number of hydrogen-bond acceptors (Lipinski definition) is 3. The first-order valence-corrected chi connectivity index (χ1v) is 7.17. The number of ether oxygens (including phenoxy) is 1. The van der Waals surface area contributed by atoms with Crippen LogP contribution < -0.4 is 5.73 Å². The van der Waals surface area contributed by atoms with Crippen LogP contribution in [0.4, 0.5) is 27.6 Å². The Hall–Kier alpha value is -2.22. The average Bonchev–Trinajstić information content (AvgIpc) is 3.00. The Kier molecular flexibility index (Phi) is 4.16. The summed E-state index contributed by atoms with van der Waals surface area (Å²) in [6, 6.07) is 4.13. The standard InChI is InChI=1S/C16H13F5N2O/c17-8-1-2-12(18)10(7-8)9-3-5-23-14(13(9)22)15-11(4-6-24-15)16(19,20)21/h1-3,5,7,11,15H,4,6,22H2. The summed E-state index contributed by atoms with van der Waals surface area (Å²) in [6.45, 7) is -0.0749. The molecule has 1 fully saturated rings. The molecule has 8 heteroatoms. The Morgan fingerprint density at radius 2 is 1.88 bits per heavy atom. The molecule has 0 aliphatic carbocycles. The van der Waals surface area contributed by atoms with Gasteiger partial charge >= 0.3 is 6.18 Å².